The van der Waals surface area contributed by atoms with Gasteiger partial charge in [0.2, 0.25) is 0 Å². The molecule has 3 N–H and O–H groups in total. The van der Waals surface area contributed by atoms with Crippen LogP contribution in [0.2, 0.25) is 0 Å². The standard InChI is InChI=1S/C18H29N3OS/c1-4-15-5-7-16(8-6-15)20-18(23)19-11-17-13-21(9-10-22-17)12-14(2)3/h5-8,14,17H,4,9-13H2,1-3H3,(H2,19,20,23)/p+1/t17-/m0/s1. The van der Waals surface area contributed by atoms with E-state index in [4.69, 9.17) is 17.0 Å². The molecule has 0 amide bonds. The molecule has 5 heteroatoms. The predicted molar refractivity (Wildman–Crippen MR) is 100 cm³/mol. The molecule has 1 aliphatic rings. The fourth-order valence-electron chi connectivity index (χ4n) is 2.95. The first-order valence-corrected chi connectivity index (χ1v) is 9.06. The number of benzene rings is 1. The van der Waals surface area contributed by atoms with Gasteiger partial charge in [-0.1, -0.05) is 32.9 Å². The SMILES string of the molecule is CCc1ccc(NC(=S)NC[C@H]2C[NH+](CC(C)C)CCO2)cc1. The highest BCUT2D eigenvalue weighted by molar-refractivity contribution is 7.80. The second kappa shape index (κ2) is 9.21. The van der Waals surface area contributed by atoms with Crippen LogP contribution in [0, 0.1) is 5.92 Å². The van der Waals surface area contributed by atoms with Crippen molar-refractivity contribution in [1.82, 2.24) is 5.32 Å². The Labute approximate surface area is 145 Å². The Hall–Kier alpha value is -1.17. The van der Waals surface area contributed by atoms with Gasteiger partial charge >= 0.3 is 0 Å². The van der Waals surface area contributed by atoms with Gasteiger partial charge in [0.25, 0.3) is 0 Å². The molecule has 4 nitrogen and oxygen atoms in total. The zero-order chi connectivity index (χ0) is 16.7. The Morgan fingerprint density at radius 2 is 2.09 bits per heavy atom. The van der Waals surface area contributed by atoms with Gasteiger partial charge in [0.15, 0.2) is 5.11 Å². The lowest BCUT2D eigenvalue weighted by molar-refractivity contribution is -0.914. The third-order valence-electron chi connectivity index (χ3n) is 4.13. The lowest BCUT2D eigenvalue weighted by atomic mass is 10.1. The van der Waals surface area contributed by atoms with Gasteiger partial charge in [-0.15, -0.1) is 0 Å². The summed E-state index contributed by atoms with van der Waals surface area (Å²) in [6.07, 6.45) is 1.29. The first-order chi connectivity index (χ1) is 11.1. The molecular weight excluding hydrogens is 306 g/mol. The van der Waals surface area contributed by atoms with Gasteiger partial charge in [-0.25, -0.2) is 0 Å². The van der Waals surface area contributed by atoms with Crippen LogP contribution in [0.5, 0.6) is 0 Å². The van der Waals surface area contributed by atoms with Gasteiger partial charge in [0, 0.05) is 18.2 Å². The molecule has 23 heavy (non-hydrogen) atoms. The van der Waals surface area contributed by atoms with E-state index in [1.54, 1.807) is 4.90 Å². The molecule has 0 saturated carbocycles. The molecule has 2 rings (SSSR count). The molecule has 1 unspecified atom stereocenters. The number of aryl methyl sites for hydroxylation is 1. The zero-order valence-electron chi connectivity index (χ0n) is 14.5. The number of anilines is 1. The Morgan fingerprint density at radius 3 is 2.74 bits per heavy atom. The number of ether oxygens (including phenoxy) is 1. The predicted octanol–water partition coefficient (Wildman–Crippen LogP) is 1.48. The van der Waals surface area contributed by atoms with Gasteiger partial charge in [-0.05, 0) is 36.3 Å². The third kappa shape index (κ3) is 6.45. The molecule has 0 bridgehead atoms. The summed E-state index contributed by atoms with van der Waals surface area (Å²) in [5.41, 5.74) is 2.36. The van der Waals surface area contributed by atoms with Gasteiger partial charge < -0.3 is 20.3 Å². The summed E-state index contributed by atoms with van der Waals surface area (Å²) >= 11 is 5.38. The van der Waals surface area contributed by atoms with Crippen molar-refractivity contribution in [3.05, 3.63) is 29.8 Å². The Bertz CT molecular complexity index is 490. The van der Waals surface area contributed by atoms with E-state index in [1.807, 2.05) is 0 Å². The van der Waals surface area contributed by atoms with Crippen molar-refractivity contribution < 1.29 is 9.64 Å². The van der Waals surface area contributed by atoms with Crippen molar-refractivity contribution in [2.75, 3.05) is 38.1 Å². The summed E-state index contributed by atoms with van der Waals surface area (Å²) in [6, 6.07) is 8.39. The lowest BCUT2D eigenvalue weighted by Gasteiger charge is -2.31. The van der Waals surface area contributed by atoms with Crippen molar-refractivity contribution in [3.8, 4) is 0 Å². The first kappa shape index (κ1) is 18.2. The van der Waals surface area contributed by atoms with E-state index in [-0.39, 0.29) is 6.10 Å². The minimum absolute atomic E-state index is 0.236. The Morgan fingerprint density at radius 1 is 1.35 bits per heavy atom. The molecule has 1 saturated heterocycles. The van der Waals surface area contributed by atoms with Crippen LogP contribution in [0.4, 0.5) is 5.69 Å². The van der Waals surface area contributed by atoms with Crippen LogP contribution in [0.25, 0.3) is 0 Å². The Kier molecular flexibility index (Phi) is 7.27. The summed E-state index contributed by atoms with van der Waals surface area (Å²) in [5, 5.41) is 7.18. The molecule has 1 aromatic carbocycles. The zero-order valence-corrected chi connectivity index (χ0v) is 15.3. The minimum Gasteiger partial charge on any atom is -0.365 e. The highest BCUT2D eigenvalue weighted by Crippen LogP contribution is 2.09. The molecule has 2 atom stereocenters. The van der Waals surface area contributed by atoms with Gasteiger partial charge in [0.05, 0.1) is 13.2 Å². The summed E-state index contributed by atoms with van der Waals surface area (Å²) in [5.74, 6) is 0.727. The van der Waals surface area contributed by atoms with E-state index in [2.05, 4.69) is 55.7 Å². The molecule has 1 heterocycles. The highest BCUT2D eigenvalue weighted by atomic mass is 32.1. The van der Waals surface area contributed by atoms with Crippen LogP contribution in [-0.4, -0.2) is 44.0 Å². The lowest BCUT2D eigenvalue weighted by Crippen LogP contribution is -3.15. The van der Waals surface area contributed by atoms with Crippen molar-refractivity contribution in [2.24, 2.45) is 5.92 Å². The number of thiocarbonyl (C=S) groups is 1. The summed E-state index contributed by atoms with van der Waals surface area (Å²) in [4.78, 5) is 1.63. The average Bonchev–Trinajstić information content (AvgIpc) is 2.53. The molecule has 1 aromatic rings. The molecule has 0 radical (unpaired) electrons. The van der Waals surface area contributed by atoms with E-state index in [1.165, 1.54) is 12.1 Å². The Balaban J connectivity index is 1.72. The third-order valence-corrected chi connectivity index (χ3v) is 4.38. The molecule has 128 valence electrons. The largest absolute Gasteiger partial charge is 0.365 e. The maximum Gasteiger partial charge on any atom is 0.170 e. The van der Waals surface area contributed by atoms with Crippen molar-refractivity contribution in [3.63, 3.8) is 0 Å². The molecule has 0 aliphatic carbocycles. The summed E-state index contributed by atoms with van der Waals surface area (Å²) < 4.78 is 5.85. The van der Waals surface area contributed by atoms with E-state index >= 15 is 0 Å². The number of nitrogens with one attached hydrogen (secondary N) is 3. The van der Waals surface area contributed by atoms with Crippen LogP contribution in [0.15, 0.2) is 24.3 Å². The molecule has 1 fully saturated rings. The second-order valence-electron chi connectivity index (χ2n) is 6.68. The quantitative estimate of drug-likeness (QED) is 0.688. The molecule has 1 aliphatic heterocycles. The minimum atomic E-state index is 0.236. The average molecular weight is 337 g/mol. The van der Waals surface area contributed by atoms with E-state index < -0.39 is 0 Å². The van der Waals surface area contributed by atoms with Crippen LogP contribution in [-0.2, 0) is 11.2 Å². The molecule has 0 spiro atoms. The topological polar surface area (TPSA) is 37.7 Å². The fourth-order valence-corrected chi connectivity index (χ4v) is 3.15. The summed E-state index contributed by atoms with van der Waals surface area (Å²) in [6.45, 7) is 11.7. The van der Waals surface area contributed by atoms with Crippen LogP contribution in [0.1, 0.15) is 26.3 Å². The monoisotopic (exact) mass is 336 g/mol. The highest BCUT2D eigenvalue weighted by Gasteiger charge is 2.24. The fraction of sp³-hybridized carbons (Fsp3) is 0.611. The number of hydrogen-bond donors (Lipinski definition) is 3. The van der Waals surface area contributed by atoms with Gasteiger partial charge in [-0.3, -0.25) is 0 Å². The number of hydrogen-bond acceptors (Lipinski definition) is 2. The normalized spacial score (nSPS) is 21.2. The summed E-state index contributed by atoms with van der Waals surface area (Å²) in [7, 11) is 0. The first-order valence-electron chi connectivity index (χ1n) is 8.65. The van der Waals surface area contributed by atoms with Crippen LogP contribution in [0.3, 0.4) is 0 Å². The van der Waals surface area contributed by atoms with E-state index in [9.17, 15) is 0 Å². The van der Waals surface area contributed by atoms with Crippen LogP contribution >= 0.6 is 12.2 Å². The van der Waals surface area contributed by atoms with Crippen molar-refractivity contribution >= 4 is 23.0 Å². The maximum absolute atomic E-state index is 5.85. The van der Waals surface area contributed by atoms with Gasteiger partial charge in [0.1, 0.15) is 19.2 Å². The van der Waals surface area contributed by atoms with E-state index in [0.29, 0.717) is 5.11 Å². The molecule has 0 aromatic heterocycles. The number of rotatable bonds is 6. The van der Waals surface area contributed by atoms with Crippen LogP contribution < -0.4 is 15.5 Å². The van der Waals surface area contributed by atoms with Crippen molar-refractivity contribution in [2.45, 2.75) is 33.3 Å². The number of quaternary nitrogens is 1. The smallest absolute Gasteiger partial charge is 0.170 e. The van der Waals surface area contributed by atoms with E-state index in [0.717, 1.165) is 44.3 Å². The number of morpholine rings is 1. The maximum atomic E-state index is 5.85. The van der Waals surface area contributed by atoms with Crippen molar-refractivity contribution in [1.29, 1.82) is 0 Å². The van der Waals surface area contributed by atoms with Gasteiger partial charge in [-0.2, -0.15) is 0 Å². The second-order valence-corrected chi connectivity index (χ2v) is 7.09. The molecular formula is C18H30N3OS+.